The summed E-state index contributed by atoms with van der Waals surface area (Å²) in [7, 11) is 3.28. The number of aromatic nitrogens is 2. The fourth-order valence-corrected chi connectivity index (χ4v) is 2.85. The lowest BCUT2D eigenvalue weighted by molar-refractivity contribution is -0.123. The van der Waals surface area contributed by atoms with Gasteiger partial charge in [-0.2, -0.15) is 5.10 Å². The van der Waals surface area contributed by atoms with Crippen molar-refractivity contribution in [3.8, 4) is 5.75 Å². The van der Waals surface area contributed by atoms with E-state index >= 15 is 0 Å². The second-order valence-electron chi connectivity index (χ2n) is 5.77. The normalized spacial score (nSPS) is 11.8. The Labute approximate surface area is 157 Å². The molecule has 1 atom stereocenters. The Balaban J connectivity index is 2.10. The maximum atomic E-state index is 12.4. The second-order valence-corrected chi connectivity index (χ2v) is 6.65. The van der Waals surface area contributed by atoms with Crippen LogP contribution in [-0.4, -0.2) is 41.1 Å². The minimum absolute atomic E-state index is 0.277. The lowest BCUT2D eigenvalue weighted by atomic mass is 10.2. The van der Waals surface area contributed by atoms with Crippen molar-refractivity contribution in [2.45, 2.75) is 31.8 Å². The summed E-state index contributed by atoms with van der Waals surface area (Å²) in [6.07, 6.45) is 0.966. The van der Waals surface area contributed by atoms with Crippen LogP contribution >= 0.6 is 11.8 Å². The van der Waals surface area contributed by atoms with E-state index < -0.39 is 18.0 Å². The average Bonchev–Trinajstić information content (AvgIpc) is 2.86. The molecule has 7 nitrogen and oxygen atoms in total. The van der Waals surface area contributed by atoms with Gasteiger partial charge in [0.05, 0.1) is 24.2 Å². The highest BCUT2D eigenvalue weighted by molar-refractivity contribution is 7.98. The molecule has 1 amide bonds. The number of thioether (sulfide) groups is 1. The lowest BCUT2D eigenvalue weighted by Crippen LogP contribution is -2.30. The molecule has 1 heterocycles. The van der Waals surface area contributed by atoms with Gasteiger partial charge < -0.3 is 14.8 Å². The number of nitrogens with one attached hydrogen (secondary N) is 1. The summed E-state index contributed by atoms with van der Waals surface area (Å²) in [5.74, 6) is -0.623. The zero-order valence-corrected chi connectivity index (χ0v) is 16.6. The van der Waals surface area contributed by atoms with Gasteiger partial charge >= 0.3 is 5.97 Å². The molecular weight excluding hydrogens is 354 g/mol. The van der Waals surface area contributed by atoms with E-state index in [4.69, 9.17) is 9.47 Å². The largest absolute Gasteiger partial charge is 0.496 e. The van der Waals surface area contributed by atoms with Gasteiger partial charge in [-0.25, -0.2) is 4.79 Å². The van der Waals surface area contributed by atoms with E-state index in [-0.39, 0.29) is 5.56 Å². The molecule has 1 aromatic heterocycles. The van der Waals surface area contributed by atoms with Crippen LogP contribution in [0.4, 0.5) is 5.69 Å². The first-order valence-corrected chi connectivity index (χ1v) is 9.25. The van der Waals surface area contributed by atoms with Crippen molar-refractivity contribution in [3.63, 3.8) is 0 Å². The molecule has 0 radical (unpaired) electrons. The summed E-state index contributed by atoms with van der Waals surface area (Å²) in [5.41, 5.74) is 2.43. The third kappa shape index (κ3) is 4.19. The number of carbonyl (C=O) groups excluding carboxylic acids is 2. The third-order valence-electron chi connectivity index (χ3n) is 4.04. The predicted octanol–water partition coefficient (Wildman–Crippen LogP) is 2.95. The van der Waals surface area contributed by atoms with E-state index in [1.807, 2.05) is 13.2 Å². The number of carbonyl (C=O) groups is 2. The van der Waals surface area contributed by atoms with Crippen molar-refractivity contribution >= 4 is 29.3 Å². The molecule has 140 valence electrons. The highest BCUT2D eigenvalue weighted by Gasteiger charge is 2.23. The Morgan fingerprint density at radius 2 is 2.00 bits per heavy atom. The van der Waals surface area contributed by atoms with Gasteiger partial charge in [-0.1, -0.05) is 0 Å². The fourth-order valence-electron chi connectivity index (χ4n) is 2.42. The zero-order valence-electron chi connectivity index (χ0n) is 15.7. The van der Waals surface area contributed by atoms with E-state index in [0.29, 0.717) is 17.1 Å². The number of hydrogen-bond acceptors (Lipinski definition) is 6. The van der Waals surface area contributed by atoms with Crippen LogP contribution in [0.5, 0.6) is 5.75 Å². The van der Waals surface area contributed by atoms with Crippen LogP contribution in [0.1, 0.15) is 28.7 Å². The first-order chi connectivity index (χ1) is 12.3. The molecule has 26 heavy (non-hydrogen) atoms. The van der Waals surface area contributed by atoms with E-state index in [1.165, 1.54) is 25.8 Å². The number of rotatable bonds is 6. The fraction of sp³-hybridized carbons (Fsp3) is 0.389. The van der Waals surface area contributed by atoms with E-state index in [2.05, 4.69) is 10.4 Å². The number of ether oxygens (including phenoxy) is 2. The molecule has 1 N–H and O–H groups in total. The molecule has 0 saturated heterocycles. The number of hydrogen-bond donors (Lipinski definition) is 1. The molecule has 8 heteroatoms. The molecule has 0 aliphatic rings. The van der Waals surface area contributed by atoms with Gasteiger partial charge in [0.1, 0.15) is 11.3 Å². The molecule has 2 rings (SSSR count). The number of nitrogens with zero attached hydrogens (tertiary/aromatic N) is 2. The molecule has 0 fully saturated rings. The van der Waals surface area contributed by atoms with Gasteiger partial charge in [0, 0.05) is 11.9 Å². The van der Waals surface area contributed by atoms with Crippen LogP contribution in [-0.2, 0) is 16.6 Å². The van der Waals surface area contributed by atoms with Gasteiger partial charge in [0.2, 0.25) is 0 Å². The minimum Gasteiger partial charge on any atom is -0.496 e. The molecule has 2 aromatic rings. The molecule has 0 saturated carbocycles. The Kier molecular flexibility index (Phi) is 6.31. The summed E-state index contributed by atoms with van der Waals surface area (Å²) in [4.78, 5) is 25.8. The highest BCUT2D eigenvalue weighted by atomic mass is 32.2. The number of methoxy groups -OCH3 is 1. The number of amides is 1. The number of aryl methyl sites for hydroxylation is 2. The molecule has 0 aliphatic heterocycles. The zero-order chi connectivity index (χ0) is 19.4. The predicted molar refractivity (Wildman–Crippen MR) is 101 cm³/mol. The summed E-state index contributed by atoms with van der Waals surface area (Å²) >= 11 is 1.54. The first kappa shape index (κ1) is 19.8. The number of anilines is 1. The maximum Gasteiger partial charge on any atom is 0.342 e. The monoisotopic (exact) mass is 377 g/mol. The molecule has 0 aliphatic carbocycles. The van der Waals surface area contributed by atoms with Crippen LogP contribution in [0.3, 0.4) is 0 Å². The first-order valence-electron chi connectivity index (χ1n) is 8.02. The maximum absolute atomic E-state index is 12.4. The quantitative estimate of drug-likeness (QED) is 0.616. The van der Waals surface area contributed by atoms with Crippen LogP contribution in [0.15, 0.2) is 23.1 Å². The smallest absolute Gasteiger partial charge is 0.342 e. The Morgan fingerprint density at radius 1 is 1.31 bits per heavy atom. The number of benzene rings is 1. The molecule has 0 spiro atoms. The van der Waals surface area contributed by atoms with Crippen molar-refractivity contribution in [1.82, 2.24) is 9.78 Å². The minimum atomic E-state index is -0.966. The molecule has 0 unspecified atom stereocenters. The van der Waals surface area contributed by atoms with Crippen LogP contribution in [0.25, 0.3) is 0 Å². The van der Waals surface area contributed by atoms with Crippen LogP contribution in [0.2, 0.25) is 0 Å². The summed E-state index contributed by atoms with van der Waals surface area (Å²) in [6, 6.07) is 5.19. The molecular formula is C18H23N3O4S. The Hall–Kier alpha value is -2.48. The third-order valence-corrected chi connectivity index (χ3v) is 4.76. The van der Waals surface area contributed by atoms with Crippen molar-refractivity contribution in [1.29, 1.82) is 0 Å². The Morgan fingerprint density at radius 3 is 2.54 bits per heavy atom. The molecule has 1 aromatic carbocycles. The Bertz CT molecular complexity index is 832. The topological polar surface area (TPSA) is 82.4 Å². The van der Waals surface area contributed by atoms with Gasteiger partial charge in [0.15, 0.2) is 6.10 Å². The van der Waals surface area contributed by atoms with Crippen molar-refractivity contribution in [3.05, 3.63) is 35.2 Å². The summed E-state index contributed by atoms with van der Waals surface area (Å²) in [6.45, 7) is 5.18. The van der Waals surface area contributed by atoms with Crippen LogP contribution < -0.4 is 10.1 Å². The van der Waals surface area contributed by atoms with Crippen LogP contribution in [0, 0.1) is 13.8 Å². The van der Waals surface area contributed by atoms with E-state index in [9.17, 15) is 9.59 Å². The lowest BCUT2D eigenvalue weighted by Gasteiger charge is -2.15. The summed E-state index contributed by atoms with van der Waals surface area (Å²) < 4.78 is 12.2. The average molecular weight is 377 g/mol. The van der Waals surface area contributed by atoms with Gasteiger partial charge in [-0.15, -0.1) is 11.8 Å². The molecule has 0 bridgehead atoms. The van der Waals surface area contributed by atoms with Gasteiger partial charge in [-0.05, 0) is 45.2 Å². The van der Waals surface area contributed by atoms with Crippen molar-refractivity contribution in [2.24, 2.45) is 7.05 Å². The summed E-state index contributed by atoms with van der Waals surface area (Å²) in [5, 5.41) is 7.01. The number of esters is 1. The van der Waals surface area contributed by atoms with E-state index in [1.54, 1.807) is 36.9 Å². The highest BCUT2D eigenvalue weighted by Crippen LogP contribution is 2.26. The van der Waals surface area contributed by atoms with Gasteiger partial charge in [-0.3, -0.25) is 9.48 Å². The van der Waals surface area contributed by atoms with Crippen molar-refractivity contribution < 1.29 is 19.1 Å². The second kappa shape index (κ2) is 8.27. The SMILES string of the molecule is COc1cc(SC)ccc1C(=O)O[C@H](C)C(=O)Nc1c(C)nn(C)c1C. The standard InChI is InChI=1S/C18H23N3O4S/c1-10-16(11(2)21(4)20-10)19-17(22)12(3)25-18(23)14-8-7-13(26-6)9-15(14)24-5/h7-9,12H,1-6H3,(H,19,22)/t12-/m1/s1. The van der Waals surface area contributed by atoms with Crippen molar-refractivity contribution in [2.75, 3.05) is 18.7 Å². The van der Waals surface area contributed by atoms with Gasteiger partial charge in [0.25, 0.3) is 5.91 Å². The van der Waals surface area contributed by atoms with E-state index in [0.717, 1.165) is 10.6 Å².